The van der Waals surface area contributed by atoms with Gasteiger partial charge in [0.05, 0.1) is 12.1 Å². The fraction of sp³-hybridized carbons (Fsp3) is 0.294. The van der Waals surface area contributed by atoms with Crippen molar-refractivity contribution in [2.45, 2.75) is 32.5 Å². The molecule has 0 saturated heterocycles. The van der Waals surface area contributed by atoms with Crippen molar-refractivity contribution in [3.8, 4) is 5.75 Å². The van der Waals surface area contributed by atoms with E-state index in [1.54, 1.807) is 0 Å². The predicted octanol–water partition coefficient (Wildman–Crippen LogP) is 3.67. The average Bonchev–Trinajstić information content (AvgIpc) is 2.83. The van der Waals surface area contributed by atoms with Gasteiger partial charge in [-0.05, 0) is 42.7 Å². The summed E-state index contributed by atoms with van der Waals surface area (Å²) in [5, 5.41) is 3.56. The maximum atomic E-state index is 5.68. The molecule has 0 aromatic heterocycles. The van der Waals surface area contributed by atoms with Crippen LogP contribution in [0.2, 0.25) is 0 Å². The molecule has 0 aliphatic carbocycles. The summed E-state index contributed by atoms with van der Waals surface area (Å²) >= 11 is 0. The first-order valence-corrected chi connectivity index (χ1v) is 6.82. The fourth-order valence-corrected chi connectivity index (χ4v) is 2.61. The Labute approximate surface area is 114 Å². The Balaban J connectivity index is 1.84. The molecule has 1 unspecified atom stereocenters. The van der Waals surface area contributed by atoms with Gasteiger partial charge in [0.2, 0.25) is 0 Å². The van der Waals surface area contributed by atoms with Crippen molar-refractivity contribution >= 4 is 0 Å². The maximum Gasteiger partial charge on any atom is 0.119 e. The number of ether oxygens (including phenoxy) is 1. The van der Waals surface area contributed by atoms with Crippen LogP contribution in [0.1, 0.15) is 36.6 Å². The summed E-state index contributed by atoms with van der Waals surface area (Å²) in [5.74, 6) is 0.935. The Morgan fingerprint density at radius 2 is 1.79 bits per heavy atom. The van der Waals surface area contributed by atoms with Crippen LogP contribution in [0.3, 0.4) is 0 Å². The molecule has 0 spiro atoms. The second kappa shape index (κ2) is 5.06. The van der Waals surface area contributed by atoms with Gasteiger partial charge in [-0.2, -0.15) is 0 Å². The zero-order chi connectivity index (χ0) is 13.2. The van der Waals surface area contributed by atoms with Crippen molar-refractivity contribution in [2.24, 2.45) is 0 Å². The number of hydrogen-bond acceptors (Lipinski definition) is 2. The highest BCUT2D eigenvalue weighted by atomic mass is 16.5. The van der Waals surface area contributed by atoms with Crippen LogP contribution in [0.4, 0.5) is 0 Å². The molecule has 1 aliphatic rings. The van der Waals surface area contributed by atoms with Crippen LogP contribution < -0.4 is 10.1 Å². The fourth-order valence-electron chi connectivity index (χ4n) is 2.61. The number of benzene rings is 2. The van der Waals surface area contributed by atoms with E-state index >= 15 is 0 Å². The number of rotatable bonds is 3. The monoisotopic (exact) mass is 253 g/mol. The smallest absolute Gasteiger partial charge is 0.119 e. The molecular formula is C17H19NO. The van der Waals surface area contributed by atoms with Gasteiger partial charge < -0.3 is 10.1 Å². The largest absolute Gasteiger partial charge is 0.491 e. The van der Waals surface area contributed by atoms with E-state index in [0.29, 0.717) is 6.04 Å². The molecule has 98 valence electrons. The highest BCUT2D eigenvalue weighted by Crippen LogP contribution is 2.31. The average molecular weight is 253 g/mol. The molecular weight excluding hydrogens is 234 g/mol. The summed E-state index contributed by atoms with van der Waals surface area (Å²) in [6.07, 6.45) is 0.219. The van der Waals surface area contributed by atoms with Crippen molar-refractivity contribution < 1.29 is 4.74 Å². The minimum absolute atomic E-state index is 0.219. The predicted molar refractivity (Wildman–Crippen MR) is 77.3 cm³/mol. The van der Waals surface area contributed by atoms with E-state index < -0.39 is 0 Å². The molecule has 1 aliphatic heterocycles. The summed E-state index contributed by atoms with van der Waals surface area (Å²) in [4.78, 5) is 0. The van der Waals surface area contributed by atoms with Gasteiger partial charge >= 0.3 is 0 Å². The van der Waals surface area contributed by atoms with Crippen LogP contribution in [0.5, 0.6) is 5.75 Å². The van der Waals surface area contributed by atoms with E-state index in [9.17, 15) is 0 Å². The molecule has 19 heavy (non-hydrogen) atoms. The zero-order valence-electron chi connectivity index (χ0n) is 11.4. The molecule has 2 nitrogen and oxygen atoms in total. The molecule has 1 atom stereocenters. The maximum absolute atomic E-state index is 5.68. The van der Waals surface area contributed by atoms with Gasteiger partial charge in [0.1, 0.15) is 5.75 Å². The van der Waals surface area contributed by atoms with Crippen molar-refractivity contribution in [1.82, 2.24) is 5.32 Å². The second-order valence-corrected chi connectivity index (χ2v) is 5.25. The Morgan fingerprint density at radius 3 is 2.53 bits per heavy atom. The molecule has 3 rings (SSSR count). The zero-order valence-corrected chi connectivity index (χ0v) is 11.4. The van der Waals surface area contributed by atoms with Crippen LogP contribution in [-0.2, 0) is 6.54 Å². The third kappa shape index (κ3) is 2.49. The first-order valence-electron chi connectivity index (χ1n) is 6.82. The molecule has 0 radical (unpaired) electrons. The minimum Gasteiger partial charge on any atom is -0.491 e. The van der Waals surface area contributed by atoms with Gasteiger partial charge in [-0.3, -0.25) is 0 Å². The molecule has 2 aromatic carbocycles. The lowest BCUT2D eigenvalue weighted by molar-refractivity contribution is 0.242. The molecule has 2 aromatic rings. The van der Waals surface area contributed by atoms with Gasteiger partial charge in [-0.25, -0.2) is 0 Å². The molecule has 1 heterocycles. The van der Waals surface area contributed by atoms with Crippen LogP contribution in [0.25, 0.3) is 0 Å². The van der Waals surface area contributed by atoms with Crippen LogP contribution in [-0.4, -0.2) is 6.10 Å². The van der Waals surface area contributed by atoms with Crippen molar-refractivity contribution in [3.05, 3.63) is 65.2 Å². The van der Waals surface area contributed by atoms with Crippen molar-refractivity contribution in [2.75, 3.05) is 0 Å². The lowest BCUT2D eigenvalue weighted by Crippen LogP contribution is -2.13. The van der Waals surface area contributed by atoms with Gasteiger partial charge in [0, 0.05) is 6.54 Å². The first-order chi connectivity index (χ1) is 9.24. The van der Waals surface area contributed by atoms with E-state index in [1.807, 2.05) is 13.8 Å². The van der Waals surface area contributed by atoms with E-state index in [2.05, 4.69) is 53.8 Å². The topological polar surface area (TPSA) is 21.3 Å². The highest BCUT2D eigenvalue weighted by Gasteiger charge is 2.22. The lowest BCUT2D eigenvalue weighted by Gasteiger charge is -2.14. The third-order valence-corrected chi connectivity index (χ3v) is 3.45. The first kappa shape index (κ1) is 12.2. The lowest BCUT2D eigenvalue weighted by atomic mass is 9.98. The molecule has 2 heteroatoms. The van der Waals surface area contributed by atoms with Gasteiger partial charge in [-0.1, -0.05) is 36.4 Å². The number of fused-ring (bicyclic) bond motifs is 1. The number of hydrogen-bond donors (Lipinski definition) is 1. The minimum atomic E-state index is 0.219. The van der Waals surface area contributed by atoms with Crippen LogP contribution >= 0.6 is 0 Å². The molecule has 1 N–H and O–H groups in total. The summed E-state index contributed by atoms with van der Waals surface area (Å²) in [6.45, 7) is 5.04. The summed E-state index contributed by atoms with van der Waals surface area (Å²) in [5.41, 5.74) is 4.08. The quantitative estimate of drug-likeness (QED) is 0.901. The SMILES string of the molecule is CC(C)Oc1ccc(C2NCc3ccccc32)cc1. The van der Waals surface area contributed by atoms with Gasteiger partial charge in [0.15, 0.2) is 0 Å². The van der Waals surface area contributed by atoms with E-state index in [4.69, 9.17) is 4.74 Å². The van der Waals surface area contributed by atoms with E-state index in [1.165, 1.54) is 16.7 Å². The Hall–Kier alpha value is -1.80. The number of nitrogens with one attached hydrogen (secondary N) is 1. The molecule has 0 saturated carbocycles. The summed E-state index contributed by atoms with van der Waals surface area (Å²) < 4.78 is 5.68. The van der Waals surface area contributed by atoms with Crippen LogP contribution in [0, 0.1) is 0 Å². The highest BCUT2D eigenvalue weighted by molar-refractivity contribution is 5.42. The molecule has 0 amide bonds. The van der Waals surface area contributed by atoms with Gasteiger partial charge in [-0.15, -0.1) is 0 Å². The third-order valence-electron chi connectivity index (χ3n) is 3.45. The normalized spacial score (nSPS) is 17.5. The van der Waals surface area contributed by atoms with Gasteiger partial charge in [0.25, 0.3) is 0 Å². The Morgan fingerprint density at radius 1 is 1.05 bits per heavy atom. The van der Waals surface area contributed by atoms with Crippen molar-refractivity contribution in [3.63, 3.8) is 0 Å². The molecule has 0 bridgehead atoms. The summed E-state index contributed by atoms with van der Waals surface area (Å²) in [7, 11) is 0. The Bertz CT molecular complexity index is 560. The standard InChI is InChI=1S/C17H19NO/c1-12(2)19-15-9-7-13(8-10-15)17-16-6-4-3-5-14(16)11-18-17/h3-10,12,17-18H,11H2,1-2H3. The summed E-state index contributed by atoms with van der Waals surface area (Å²) in [6, 6.07) is 17.3. The van der Waals surface area contributed by atoms with E-state index in [0.717, 1.165) is 12.3 Å². The van der Waals surface area contributed by atoms with Crippen molar-refractivity contribution in [1.29, 1.82) is 0 Å². The van der Waals surface area contributed by atoms with E-state index in [-0.39, 0.29) is 6.10 Å². The Kier molecular flexibility index (Phi) is 3.26. The van der Waals surface area contributed by atoms with Crippen LogP contribution in [0.15, 0.2) is 48.5 Å². The second-order valence-electron chi connectivity index (χ2n) is 5.25. The molecule has 0 fully saturated rings.